The molecule has 2 aliphatic rings. The maximum absolute atomic E-state index is 12.6. The molecule has 1 aromatic carbocycles. The van der Waals surface area contributed by atoms with Crippen LogP contribution in [0.15, 0.2) is 12.1 Å². The molecule has 1 atom stereocenters. The zero-order valence-corrected chi connectivity index (χ0v) is 15.4. The normalized spacial score (nSPS) is 23.4. The van der Waals surface area contributed by atoms with Crippen LogP contribution in [0, 0.1) is 6.92 Å². The van der Waals surface area contributed by atoms with E-state index in [1.165, 1.54) is 12.1 Å². The molecule has 0 bridgehead atoms. The Labute approximate surface area is 150 Å². The highest BCUT2D eigenvalue weighted by Gasteiger charge is 2.50. The van der Waals surface area contributed by atoms with Gasteiger partial charge >= 0.3 is 15.6 Å². The Hall–Kier alpha value is -1.52. The summed E-state index contributed by atoms with van der Waals surface area (Å²) in [6.45, 7) is 7.94. The van der Waals surface area contributed by atoms with Crippen molar-refractivity contribution in [3.8, 4) is 11.5 Å². The van der Waals surface area contributed by atoms with Gasteiger partial charge in [0, 0.05) is 24.1 Å². The van der Waals surface area contributed by atoms with E-state index in [0.717, 1.165) is 0 Å². The van der Waals surface area contributed by atoms with E-state index in [0.29, 0.717) is 43.2 Å². The summed E-state index contributed by atoms with van der Waals surface area (Å²) < 4.78 is 76.1. The first-order valence-electron chi connectivity index (χ1n) is 8.08. The van der Waals surface area contributed by atoms with Crippen LogP contribution in [0.5, 0.6) is 11.5 Å². The van der Waals surface area contributed by atoms with Crippen molar-refractivity contribution < 1.29 is 35.2 Å². The van der Waals surface area contributed by atoms with Crippen molar-refractivity contribution in [2.45, 2.75) is 37.9 Å². The molecule has 0 saturated carbocycles. The number of hydrogen-bond donors (Lipinski definition) is 0. The zero-order chi connectivity index (χ0) is 19.3. The highest BCUT2D eigenvalue weighted by Crippen LogP contribution is 2.47. The Morgan fingerprint density at radius 2 is 1.85 bits per heavy atom. The Kier molecular flexibility index (Phi) is 4.65. The monoisotopic (exact) mass is 395 g/mol. The molecule has 0 N–H and O–H groups in total. The molecular weight excluding hydrogens is 375 g/mol. The van der Waals surface area contributed by atoms with Crippen LogP contribution in [0.2, 0.25) is 0 Å². The van der Waals surface area contributed by atoms with Crippen LogP contribution < -0.4 is 8.92 Å². The minimum Gasteiger partial charge on any atom is -0.474 e. The molecular formula is C16H20F3NO5S. The van der Waals surface area contributed by atoms with Crippen molar-refractivity contribution in [1.82, 2.24) is 4.90 Å². The fraction of sp³-hybridized carbons (Fsp3) is 0.625. The molecule has 0 aromatic heterocycles. The molecule has 2 heterocycles. The summed E-state index contributed by atoms with van der Waals surface area (Å²) in [5.41, 5.74) is -4.93. The number of benzene rings is 1. The number of hydrogen-bond acceptors (Lipinski definition) is 6. The van der Waals surface area contributed by atoms with Crippen LogP contribution in [0.25, 0.3) is 0 Å². The van der Waals surface area contributed by atoms with E-state index in [2.05, 4.69) is 9.08 Å². The van der Waals surface area contributed by atoms with Gasteiger partial charge in [0.05, 0.1) is 13.2 Å². The van der Waals surface area contributed by atoms with E-state index < -0.39 is 21.0 Å². The highest BCUT2D eigenvalue weighted by atomic mass is 32.2. The maximum atomic E-state index is 12.6. The first-order valence-corrected chi connectivity index (χ1v) is 9.48. The van der Waals surface area contributed by atoms with E-state index >= 15 is 0 Å². The van der Waals surface area contributed by atoms with Gasteiger partial charge < -0.3 is 13.7 Å². The first-order chi connectivity index (χ1) is 11.9. The Morgan fingerprint density at radius 1 is 1.23 bits per heavy atom. The van der Waals surface area contributed by atoms with E-state index in [4.69, 9.17) is 9.47 Å². The summed E-state index contributed by atoms with van der Waals surface area (Å²) >= 11 is 0. The predicted molar refractivity (Wildman–Crippen MR) is 86.6 cm³/mol. The third-order valence-corrected chi connectivity index (χ3v) is 5.63. The van der Waals surface area contributed by atoms with E-state index in [1.54, 1.807) is 6.92 Å². The lowest BCUT2D eigenvalue weighted by Gasteiger charge is -2.38. The van der Waals surface area contributed by atoms with Gasteiger partial charge in [-0.2, -0.15) is 21.6 Å². The molecule has 0 amide bonds. The van der Waals surface area contributed by atoms with E-state index in [-0.39, 0.29) is 12.0 Å². The van der Waals surface area contributed by atoms with Crippen molar-refractivity contribution in [2.75, 3.05) is 26.3 Å². The molecule has 0 spiro atoms. The molecule has 6 nitrogen and oxygen atoms in total. The van der Waals surface area contributed by atoms with Crippen LogP contribution in [0.4, 0.5) is 13.2 Å². The van der Waals surface area contributed by atoms with E-state index in [9.17, 15) is 21.6 Å². The van der Waals surface area contributed by atoms with Crippen molar-refractivity contribution in [2.24, 2.45) is 0 Å². The second-order valence-electron chi connectivity index (χ2n) is 6.94. The lowest BCUT2D eigenvalue weighted by Crippen LogP contribution is -2.52. The fourth-order valence-electron chi connectivity index (χ4n) is 3.33. The second-order valence-corrected chi connectivity index (χ2v) is 8.48. The summed E-state index contributed by atoms with van der Waals surface area (Å²) in [7, 11) is -5.72. The molecule has 1 aromatic rings. The minimum atomic E-state index is -5.72. The quantitative estimate of drug-likeness (QED) is 0.579. The van der Waals surface area contributed by atoms with Gasteiger partial charge in [-0.15, -0.1) is 0 Å². The number of ether oxygens (including phenoxy) is 2. The summed E-state index contributed by atoms with van der Waals surface area (Å²) in [5, 5.41) is 0. The molecule has 3 rings (SSSR count). The molecule has 1 saturated heterocycles. The number of halogens is 3. The highest BCUT2D eigenvalue weighted by molar-refractivity contribution is 7.88. The number of nitrogens with zero attached hydrogens (tertiary/aromatic N) is 1. The van der Waals surface area contributed by atoms with Crippen molar-refractivity contribution >= 4 is 10.1 Å². The standard InChI is InChI=1S/C16H20F3NO5S/c1-10-8-11(25-26(21,22)16(17,18)19)9-12-13(10)24-14(15(12,2)3)20-4-6-23-7-5-20/h8-9,14H,4-7H2,1-3H3. The van der Waals surface area contributed by atoms with Gasteiger partial charge in [0.1, 0.15) is 11.5 Å². The Morgan fingerprint density at radius 3 is 2.42 bits per heavy atom. The van der Waals surface area contributed by atoms with Gasteiger partial charge in [-0.25, -0.2) is 0 Å². The van der Waals surface area contributed by atoms with Gasteiger partial charge in [-0.3, -0.25) is 4.90 Å². The molecule has 146 valence electrons. The van der Waals surface area contributed by atoms with Gasteiger partial charge in [0.2, 0.25) is 0 Å². The number of fused-ring (bicyclic) bond motifs is 1. The van der Waals surface area contributed by atoms with Crippen LogP contribution in [0.3, 0.4) is 0 Å². The third-order valence-electron chi connectivity index (χ3n) is 4.66. The summed E-state index contributed by atoms with van der Waals surface area (Å²) in [4.78, 5) is 2.11. The first kappa shape index (κ1) is 19.2. The van der Waals surface area contributed by atoms with Gasteiger partial charge in [-0.05, 0) is 24.6 Å². The molecule has 0 aliphatic carbocycles. The van der Waals surface area contributed by atoms with Gasteiger partial charge in [0.15, 0.2) is 6.23 Å². The average molecular weight is 395 g/mol. The largest absolute Gasteiger partial charge is 0.534 e. The van der Waals surface area contributed by atoms with Crippen LogP contribution in [0.1, 0.15) is 25.0 Å². The van der Waals surface area contributed by atoms with Crippen LogP contribution in [-0.4, -0.2) is 51.4 Å². The second kappa shape index (κ2) is 6.28. The Bertz CT molecular complexity index is 801. The SMILES string of the molecule is Cc1cc(OS(=O)(=O)C(F)(F)F)cc2c1OC(N1CCOCC1)C2(C)C. The van der Waals surface area contributed by atoms with Crippen molar-refractivity contribution in [3.63, 3.8) is 0 Å². The van der Waals surface area contributed by atoms with Gasteiger partial charge in [-0.1, -0.05) is 13.8 Å². The minimum absolute atomic E-state index is 0.324. The summed E-state index contributed by atoms with van der Waals surface area (Å²) in [5.74, 6) is 0.168. The molecule has 1 fully saturated rings. The predicted octanol–water partition coefficient (Wildman–Crippen LogP) is 2.55. The summed E-state index contributed by atoms with van der Waals surface area (Å²) in [6, 6.07) is 2.55. The van der Waals surface area contributed by atoms with E-state index in [1.807, 2.05) is 13.8 Å². The van der Waals surface area contributed by atoms with Crippen molar-refractivity contribution in [3.05, 3.63) is 23.3 Å². The van der Waals surface area contributed by atoms with Crippen molar-refractivity contribution in [1.29, 1.82) is 0 Å². The molecule has 26 heavy (non-hydrogen) atoms. The summed E-state index contributed by atoms with van der Waals surface area (Å²) in [6.07, 6.45) is -0.324. The number of alkyl halides is 3. The smallest absolute Gasteiger partial charge is 0.474 e. The van der Waals surface area contributed by atoms with Crippen LogP contribution in [-0.2, 0) is 20.3 Å². The Balaban J connectivity index is 1.95. The van der Waals surface area contributed by atoms with Crippen LogP contribution >= 0.6 is 0 Å². The zero-order valence-electron chi connectivity index (χ0n) is 14.6. The van der Waals surface area contributed by atoms with Gasteiger partial charge in [0.25, 0.3) is 0 Å². The molecule has 10 heteroatoms. The number of aryl methyl sites for hydroxylation is 1. The third kappa shape index (κ3) is 3.25. The topological polar surface area (TPSA) is 65.1 Å². The average Bonchev–Trinajstić information content (AvgIpc) is 2.79. The maximum Gasteiger partial charge on any atom is 0.534 e. The molecule has 0 radical (unpaired) electrons. The molecule has 2 aliphatic heterocycles. The lowest BCUT2D eigenvalue weighted by atomic mass is 9.83. The molecule has 1 unspecified atom stereocenters. The number of rotatable bonds is 3. The lowest BCUT2D eigenvalue weighted by molar-refractivity contribution is -0.0614. The fourth-order valence-corrected chi connectivity index (χ4v) is 3.78. The number of morpholine rings is 1.